The lowest BCUT2D eigenvalue weighted by Crippen LogP contribution is -2.51. The van der Waals surface area contributed by atoms with E-state index in [2.05, 4.69) is 12.2 Å². The van der Waals surface area contributed by atoms with Crippen LogP contribution in [0.4, 0.5) is 0 Å². The van der Waals surface area contributed by atoms with Gasteiger partial charge < -0.3 is 14.8 Å². The number of hydrogen-bond donors (Lipinski definition) is 1. The van der Waals surface area contributed by atoms with Gasteiger partial charge in [-0.3, -0.25) is 4.79 Å². The van der Waals surface area contributed by atoms with Crippen LogP contribution in [0.3, 0.4) is 0 Å². The van der Waals surface area contributed by atoms with Crippen molar-refractivity contribution in [3.8, 4) is 0 Å². The normalized spacial score (nSPS) is 20.5. The Morgan fingerprint density at radius 1 is 1.56 bits per heavy atom. The smallest absolute Gasteiger partial charge is 0.270 e. The van der Waals surface area contributed by atoms with Crippen molar-refractivity contribution in [2.45, 2.75) is 32.9 Å². The number of amides is 1. The summed E-state index contributed by atoms with van der Waals surface area (Å²) in [7, 11) is 0. The van der Waals surface area contributed by atoms with Gasteiger partial charge in [-0.2, -0.15) is 0 Å². The zero-order valence-electron chi connectivity index (χ0n) is 11.1. The van der Waals surface area contributed by atoms with Gasteiger partial charge in [0.15, 0.2) is 0 Å². The molecule has 5 heteroatoms. The van der Waals surface area contributed by atoms with Gasteiger partial charge in [-0.25, -0.2) is 0 Å². The lowest BCUT2D eigenvalue weighted by molar-refractivity contribution is 0.0696. The molecule has 1 aromatic rings. The van der Waals surface area contributed by atoms with E-state index in [1.54, 1.807) is 6.07 Å². The van der Waals surface area contributed by atoms with Gasteiger partial charge in [-0.1, -0.05) is 11.6 Å². The minimum Gasteiger partial charge on any atom is -0.339 e. The van der Waals surface area contributed by atoms with Crippen molar-refractivity contribution < 1.29 is 4.79 Å². The van der Waals surface area contributed by atoms with Crippen LogP contribution in [0, 0.1) is 0 Å². The quantitative estimate of drug-likeness (QED) is 0.893. The topological polar surface area (TPSA) is 37.3 Å². The predicted molar refractivity (Wildman–Crippen MR) is 73.2 cm³/mol. The predicted octanol–water partition coefficient (Wildman–Crippen LogP) is 2.16. The summed E-state index contributed by atoms with van der Waals surface area (Å²) in [5.41, 5.74) is 0.684. The van der Waals surface area contributed by atoms with Crippen molar-refractivity contribution in [2.75, 3.05) is 19.6 Å². The molecule has 1 saturated heterocycles. The van der Waals surface area contributed by atoms with Crippen LogP contribution in [-0.2, 0) is 0 Å². The molecular formula is C13H20ClN3O. The molecule has 2 heterocycles. The van der Waals surface area contributed by atoms with Gasteiger partial charge in [0.25, 0.3) is 5.91 Å². The standard InChI is InChI=1S/C13H20ClN3O/c1-9(2)17-8-11(14)6-12(17)13(18)16-5-4-15-10(3)7-16/h6,8-10,15H,4-5,7H2,1-3H3. The van der Waals surface area contributed by atoms with Crippen LogP contribution in [-0.4, -0.2) is 41.1 Å². The van der Waals surface area contributed by atoms with Crippen LogP contribution in [0.2, 0.25) is 5.02 Å². The highest BCUT2D eigenvalue weighted by Crippen LogP contribution is 2.20. The minimum absolute atomic E-state index is 0.0731. The summed E-state index contributed by atoms with van der Waals surface area (Å²) in [4.78, 5) is 14.4. The fourth-order valence-corrected chi connectivity index (χ4v) is 2.53. The summed E-state index contributed by atoms with van der Waals surface area (Å²) in [5.74, 6) is 0.0731. The molecule has 4 nitrogen and oxygen atoms in total. The summed E-state index contributed by atoms with van der Waals surface area (Å²) < 4.78 is 1.94. The Bertz CT molecular complexity index is 441. The van der Waals surface area contributed by atoms with Crippen LogP contribution in [0.5, 0.6) is 0 Å². The number of nitrogens with zero attached hydrogens (tertiary/aromatic N) is 2. The van der Waals surface area contributed by atoms with Crippen molar-refractivity contribution in [3.63, 3.8) is 0 Å². The molecule has 0 spiro atoms. The van der Waals surface area contributed by atoms with Gasteiger partial charge in [0.1, 0.15) is 5.69 Å². The maximum absolute atomic E-state index is 12.5. The molecule has 1 fully saturated rings. The number of halogens is 1. The monoisotopic (exact) mass is 269 g/mol. The van der Waals surface area contributed by atoms with Crippen molar-refractivity contribution in [1.82, 2.24) is 14.8 Å². The lowest BCUT2D eigenvalue weighted by Gasteiger charge is -2.32. The number of carbonyl (C=O) groups is 1. The molecule has 1 unspecified atom stereocenters. The molecule has 0 aromatic carbocycles. The van der Waals surface area contributed by atoms with E-state index >= 15 is 0 Å². The molecule has 0 saturated carbocycles. The molecule has 1 aliphatic heterocycles. The van der Waals surface area contributed by atoms with Crippen LogP contribution < -0.4 is 5.32 Å². The lowest BCUT2D eigenvalue weighted by atomic mass is 10.2. The molecule has 0 aliphatic carbocycles. The average Bonchev–Trinajstić information content (AvgIpc) is 2.70. The first-order valence-corrected chi connectivity index (χ1v) is 6.77. The average molecular weight is 270 g/mol. The summed E-state index contributed by atoms with van der Waals surface area (Å²) >= 11 is 6.02. The SMILES string of the molecule is CC1CN(C(=O)c2cc(Cl)cn2C(C)C)CCN1. The van der Waals surface area contributed by atoms with Gasteiger partial charge in [0, 0.05) is 37.9 Å². The second-order valence-electron chi connectivity index (χ2n) is 5.15. The number of nitrogens with one attached hydrogen (secondary N) is 1. The molecule has 100 valence electrons. The van der Waals surface area contributed by atoms with Crippen LogP contribution in [0.15, 0.2) is 12.3 Å². The molecule has 2 rings (SSSR count). The Labute approximate surface area is 113 Å². The second kappa shape index (κ2) is 5.33. The molecule has 0 bridgehead atoms. The first-order valence-electron chi connectivity index (χ1n) is 6.39. The molecule has 1 aromatic heterocycles. The molecule has 1 amide bonds. The number of aromatic nitrogens is 1. The summed E-state index contributed by atoms with van der Waals surface area (Å²) in [6.45, 7) is 8.54. The van der Waals surface area contributed by atoms with Crippen LogP contribution >= 0.6 is 11.6 Å². The van der Waals surface area contributed by atoms with Crippen molar-refractivity contribution in [2.24, 2.45) is 0 Å². The Hall–Kier alpha value is -1.00. The highest BCUT2D eigenvalue weighted by Gasteiger charge is 2.24. The molecule has 1 aliphatic rings. The van der Waals surface area contributed by atoms with E-state index in [1.165, 1.54) is 0 Å². The second-order valence-corrected chi connectivity index (χ2v) is 5.59. The fourth-order valence-electron chi connectivity index (χ4n) is 2.32. The van der Waals surface area contributed by atoms with Crippen LogP contribution in [0.1, 0.15) is 37.3 Å². The molecule has 0 radical (unpaired) electrons. The van der Waals surface area contributed by atoms with Gasteiger partial charge in [-0.15, -0.1) is 0 Å². The largest absolute Gasteiger partial charge is 0.339 e. The zero-order chi connectivity index (χ0) is 13.3. The van der Waals surface area contributed by atoms with E-state index in [0.29, 0.717) is 16.8 Å². The van der Waals surface area contributed by atoms with Gasteiger partial charge in [0.2, 0.25) is 0 Å². The molecule has 18 heavy (non-hydrogen) atoms. The van der Waals surface area contributed by atoms with E-state index in [4.69, 9.17) is 11.6 Å². The summed E-state index contributed by atoms with van der Waals surface area (Å²) in [5, 5.41) is 3.95. The van der Waals surface area contributed by atoms with Crippen molar-refractivity contribution >= 4 is 17.5 Å². The van der Waals surface area contributed by atoms with Gasteiger partial charge in [-0.05, 0) is 26.8 Å². The van der Waals surface area contributed by atoms with Crippen molar-refractivity contribution in [1.29, 1.82) is 0 Å². The Morgan fingerprint density at radius 3 is 2.89 bits per heavy atom. The number of piperazine rings is 1. The number of carbonyl (C=O) groups excluding carboxylic acids is 1. The number of hydrogen-bond acceptors (Lipinski definition) is 2. The van der Waals surface area contributed by atoms with Crippen molar-refractivity contribution in [3.05, 3.63) is 23.0 Å². The summed E-state index contributed by atoms with van der Waals surface area (Å²) in [6.07, 6.45) is 1.82. The molecular weight excluding hydrogens is 250 g/mol. The van der Waals surface area contributed by atoms with Gasteiger partial charge in [0.05, 0.1) is 5.02 Å². The first-order chi connectivity index (χ1) is 8.49. The third-order valence-electron chi connectivity index (χ3n) is 3.25. The Morgan fingerprint density at radius 2 is 2.28 bits per heavy atom. The number of rotatable bonds is 2. The molecule has 1 atom stereocenters. The Kier molecular flexibility index (Phi) is 3.97. The molecule has 1 N–H and O–H groups in total. The maximum Gasteiger partial charge on any atom is 0.270 e. The fraction of sp³-hybridized carbons (Fsp3) is 0.615. The minimum atomic E-state index is 0.0731. The maximum atomic E-state index is 12.5. The van der Waals surface area contributed by atoms with E-state index in [-0.39, 0.29) is 11.9 Å². The van der Waals surface area contributed by atoms with Gasteiger partial charge >= 0.3 is 0 Å². The highest BCUT2D eigenvalue weighted by atomic mass is 35.5. The first kappa shape index (κ1) is 13.4. The van der Waals surface area contributed by atoms with E-state index in [1.807, 2.05) is 29.5 Å². The third-order valence-corrected chi connectivity index (χ3v) is 3.45. The van der Waals surface area contributed by atoms with E-state index in [9.17, 15) is 4.79 Å². The van der Waals surface area contributed by atoms with Crippen LogP contribution in [0.25, 0.3) is 0 Å². The van der Waals surface area contributed by atoms with E-state index in [0.717, 1.165) is 19.6 Å². The Balaban J connectivity index is 2.22. The van der Waals surface area contributed by atoms with E-state index < -0.39 is 0 Å². The third kappa shape index (κ3) is 2.70. The highest BCUT2D eigenvalue weighted by molar-refractivity contribution is 6.31. The zero-order valence-corrected chi connectivity index (χ0v) is 11.9. The summed E-state index contributed by atoms with van der Waals surface area (Å²) in [6, 6.07) is 2.34.